The van der Waals surface area contributed by atoms with Crippen molar-refractivity contribution in [3.05, 3.63) is 57.7 Å². The number of carbonyl (C=O) groups is 2. The van der Waals surface area contributed by atoms with Crippen LogP contribution >= 0.6 is 11.6 Å². The standard InChI is InChI=1S/C21H19ClN4O3/c22-14-4-3-12-9-26(10-13(12)6-14)21(29)16-7-15-17(8-19(16)27)23-24-18(15)11-25-5-1-2-20(25)28/h3-4,6-8,27H,1-2,5,9-11H2,(H,23,24). The second-order valence-corrected chi connectivity index (χ2v) is 8.01. The Hall–Kier alpha value is -3.06. The molecule has 2 amide bonds. The number of aromatic amines is 1. The highest BCUT2D eigenvalue weighted by atomic mass is 35.5. The lowest BCUT2D eigenvalue weighted by Crippen LogP contribution is -2.25. The highest BCUT2D eigenvalue weighted by Crippen LogP contribution is 2.32. The van der Waals surface area contributed by atoms with Crippen molar-refractivity contribution in [1.82, 2.24) is 20.0 Å². The maximum atomic E-state index is 13.1. The summed E-state index contributed by atoms with van der Waals surface area (Å²) in [7, 11) is 0. The first kappa shape index (κ1) is 18.0. The lowest BCUT2D eigenvalue weighted by Gasteiger charge is -2.17. The van der Waals surface area contributed by atoms with E-state index in [1.807, 2.05) is 18.2 Å². The number of amides is 2. The van der Waals surface area contributed by atoms with Crippen molar-refractivity contribution in [3.8, 4) is 5.75 Å². The first-order valence-corrected chi connectivity index (χ1v) is 9.92. The van der Waals surface area contributed by atoms with Gasteiger partial charge in [0.1, 0.15) is 5.75 Å². The summed E-state index contributed by atoms with van der Waals surface area (Å²) in [5, 5.41) is 19.0. The molecule has 2 N–H and O–H groups in total. The van der Waals surface area contributed by atoms with E-state index in [1.54, 1.807) is 15.9 Å². The minimum Gasteiger partial charge on any atom is -0.507 e. The van der Waals surface area contributed by atoms with Gasteiger partial charge in [0, 0.05) is 42.5 Å². The van der Waals surface area contributed by atoms with Gasteiger partial charge < -0.3 is 14.9 Å². The van der Waals surface area contributed by atoms with E-state index in [1.165, 1.54) is 6.07 Å². The molecular weight excluding hydrogens is 392 g/mol. The lowest BCUT2D eigenvalue weighted by molar-refractivity contribution is -0.128. The number of nitrogens with zero attached hydrogens (tertiary/aromatic N) is 3. The highest BCUT2D eigenvalue weighted by molar-refractivity contribution is 6.30. The van der Waals surface area contributed by atoms with Gasteiger partial charge in [-0.3, -0.25) is 14.7 Å². The number of likely N-dealkylation sites (tertiary alicyclic amines) is 1. The molecule has 1 fully saturated rings. The number of hydrogen-bond donors (Lipinski definition) is 2. The average Bonchev–Trinajstić information content (AvgIpc) is 3.40. The van der Waals surface area contributed by atoms with E-state index in [0.717, 1.165) is 22.9 Å². The Bertz CT molecular complexity index is 1160. The fourth-order valence-corrected chi connectivity index (χ4v) is 4.32. The number of nitrogens with one attached hydrogen (secondary N) is 1. The van der Waals surface area contributed by atoms with E-state index in [9.17, 15) is 14.7 Å². The number of phenolic OH excluding ortho intramolecular Hbond substituents is 1. The summed E-state index contributed by atoms with van der Waals surface area (Å²) in [4.78, 5) is 28.5. The third kappa shape index (κ3) is 3.11. The van der Waals surface area contributed by atoms with E-state index in [4.69, 9.17) is 11.6 Å². The summed E-state index contributed by atoms with van der Waals surface area (Å²) < 4.78 is 0. The molecule has 0 aliphatic carbocycles. The molecule has 29 heavy (non-hydrogen) atoms. The van der Waals surface area contributed by atoms with Crippen molar-refractivity contribution in [2.24, 2.45) is 0 Å². The quantitative estimate of drug-likeness (QED) is 0.693. The Kier molecular flexibility index (Phi) is 4.20. The molecular formula is C21H19ClN4O3. The number of fused-ring (bicyclic) bond motifs is 2. The molecule has 0 spiro atoms. The second kappa shape index (κ2) is 6.77. The Labute approximate surface area is 171 Å². The van der Waals surface area contributed by atoms with Crippen LogP contribution < -0.4 is 0 Å². The van der Waals surface area contributed by atoms with Crippen molar-refractivity contribution in [1.29, 1.82) is 0 Å². The molecule has 2 aliphatic rings. The van der Waals surface area contributed by atoms with Crippen LogP contribution in [0.4, 0.5) is 0 Å². The molecule has 0 saturated carbocycles. The molecule has 1 saturated heterocycles. The van der Waals surface area contributed by atoms with Crippen LogP contribution in [-0.4, -0.2) is 43.5 Å². The van der Waals surface area contributed by atoms with Crippen LogP contribution in [-0.2, 0) is 24.4 Å². The average molecular weight is 411 g/mol. The van der Waals surface area contributed by atoms with E-state index in [0.29, 0.717) is 48.8 Å². The third-order valence-electron chi connectivity index (χ3n) is 5.68. The van der Waals surface area contributed by atoms with Gasteiger partial charge in [0.05, 0.1) is 23.3 Å². The van der Waals surface area contributed by atoms with Crippen LogP contribution in [0.2, 0.25) is 5.02 Å². The van der Waals surface area contributed by atoms with E-state index in [-0.39, 0.29) is 23.1 Å². The molecule has 2 aromatic carbocycles. The Morgan fingerprint density at radius 1 is 1.21 bits per heavy atom. The van der Waals surface area contributed by atoms with Crippen LogP contribution in [0.5, 0.6) is 5.75 Å². The number of halogens is 1. The summed E-state index contributed by atoms with van der Waals surface area (Å²) in [5.41, 5.74) is 3.63. The van der Waals surface area contributed by atoms with Gasteiger partial charge in [-0.15, -0.1) is 0 Å². The zero-order valence-electron chi connectivity index (χ0n) is 15.6. The monoisotopic (exact) mass is 410 g/mol. The van der Waals surface area contributed by atoms with Gasteiger partial charge >= 0.3 is 0 Å². The van der Waals surface area contributed by atoms with Crippen LogP contribution in [0.3, 0.4) is 0 Å². The Morgan fingerprint density at radius 3 is 2.83 bits per heavy atom. The number of rotatable bonds is 3. The highest BCUT2D eigenvalue weighted by Gasteiger charge is 2.28. The SMILES string of the molecule is O=C1CCCN1Cc1n[nH]c2cc(O)c(C(=O)N3Cc4ccc(Cl)cc4C3)cc12. The maximum Gasteiger partial charge on any atom is 0.258 e. The first-order chi connectivity index (χ1) is 14.0. The molecule has 0 radical (unpaired) electrons. The zero-order chi connectivity index (χ0) is 20.1. The van der Waals surface area contributed by atoms with Gasteiger partial charge in [0.15, 0.2) is 0 Å². The normalized spacial score (nSPS) is 16.1. The molecule has 0 bridgehead atoms. The van der Waals surface area contributed by atoms with E-state index < -0.39 is 0 Å². The number of benzene rings is 2. The molecule has 5 rings (SSSR count). The fraction of sp³-hybridized carbons (Fsp3) is 0.286. The summed E-state index contributed by atoms with van der Waals surface area (Å²) in [6.07, 6.45) is 1.41. The maximum absolute atomic E-state index is 13.1. The van der Waals surface area contributed by atoms with Gasteiger partial charge in [-0.25, -0.2) is 0 Å². The molecule has 1 aromatic heterocycles. The summed E-state index contributed by atoms with van der Waals surface area (Å²) in [5.74, 6) is -0.227. The summed E-state index contributed by atoms with van der Waals surface area (Å²) >= 11 is 6.06. The first-order valence-electron chi connectivity index (χ1n) is 9.54. The van der Waals surface area contributed by atoms with Gasteiger partial charge in [-0.1, -0.05) is 17.7 Å². The predicted molar refractivity (Wildman–Crippen MR) is 107 cm³/mol. The van der Waals surface area contributed by atoms with Crippen LogP contribution in [0.25, 0.3) is 10.9 Å². The van der Waals surface area contributed by atoms with Crippen LogP contribution in [0.15, 0.2) is 30.3 Å². The summed E-state index contributed by atoms with van der Waals surface area (Å²) in [6, 6.07) is 8.80. The third-order valence-corrected chi connectivity index (χ3v) is 5.91. The number of carbonyl (C=O) groups excluding carboxylic acids is 2. The number of hydrogen-bond acceptors (Lipinski definition) is 4. The van der Waals surface area contributed by atoms with Crippen molar-refractivity contribution >= 4 is 34.3 Å². The topological polar surface area (TPSA) is 89.5 Å². The molecule has 0 atom stereocenters. The minimum absolute atomic E-state index is 0.0936. The summed E-state index contributed by atoms with van der Waals surface area (Å²) in [6.45, 7) is 2.03. The van der Waals surface area contributed by atoms with E-state index in [2.05, 4.69) is 10.2 Å². The molecule has 148 valence electrons. The smallest absolute Gasteiger partial charge is 0.258 e. The molecule has 7 nitrogen and oxygen atoms in total. The number of aromatic nitrogens is 2. The van der Waals surface area contributed by atoms with Gasteiger partial charge in [-0.2, -0.15) is 5.10 Å². The van der Waals surface area contributed by atoms with Crippen molar-refractivity contribution in [2.45, 2.75) is 32.5 Å². The van der Waals surface area contributed by atoms with E-state index >= 15 is 0 Å². The van der Waals surface area contributed by atoms with Gasteiger partial charge in [0.2, 0.25) is 5.91 Å². The molecule has 8 heteroatoms. The van der Waals surface area contributed by atoms with Crippen molar-refractivity contribution < 1.29 is 14.7 Å². The predicted octanol–water partition coefficient (Wildman–Crippen LogP) is 3.20. The van der Waals surface area contributed by atoms with Crippen LogP contribution in [0.1, 0.15) is 40.0 Å². The molecule has 0 unspecified atom stereocenters. The number of H-pyrrole nitrogens is 1. The molecule has 3 heterocycles. The minimum atomic E-state index is -0.249. The molecule has 3 aromatic rings. The Balaban J connectivity index is 1.45. The fourth-order valence-electron chi connectivity index (χ4n) is 4.13. The molecule has 2 aliphatic heterocycles. The lowest BCUT2D eigenvalue weighted by atomic mass is 10.1. The van der Waals surface area contributed by atoms with Crippen molar-refractivity contribution in [3.63, 3.8) is 0 Å². The number of phenols is 1. The van der Waals surface area contributed by atoms with Gasteiger partial charge in [0.25, 0.3) is 5.91 Å². The Morgan fingerprint density at radius 2 is 2.03 bits per heavy atom. The number of aromatic hydroxyl groups is 1. The van der Waals surface area contributed by atoms with Crippen LogP contribution in [0, 0.1) is 0 Å². The second-order valence-electron chi connectivity index (χ2n) is 7.58. The zero-order valence-corrected chi connectivity index (χ0v) is 16.4. The van der Waals surface area contributed by atoms with Crippen molar-refractivity contribution in [2.75, 3.05) is 6.54 Å². The van der Waals surface area contributed by atoms with Gasteiger partial charge in [-0.05, 0) is 35.7 Å². The largest absolute Gasteiger partial charge is 0.507 e.